The highest BCUT2D eigenvalue weighted by molar-refractivity contribution is 5.94. The Morgan fingerprint density at radius 1 is 0.654 bits per heavy atom. The van der Waals surface area contributed by atoms with E-state index in [-0.39, 0.29) is 38.6 Å². The van der Waals surface area contributed by atoms with E-state index >= 15 is 0 Å². The van der Waals surface area contributed by atoms with Gasteiger partial charge in [-0.2, -0.15) is 0 Å². The lowest BCUT2D eigenvalue weighted by molar-refractivity contribution is -0.275. The van der Waals surface area contributed by atoms with Gasteiger partial charge in [-0.1, -0.05) is 121 Å². The molecule has 52 heavy (non-hydrogen) atoms. The van der Waals surface area contributed by atoms with Gasteiger partial charge in [0.2, 0.25) is 0 Å². The van der Waals surface area contributed by atoms with Crippen LogP contribution in [0.3, 0.4) is 0 Å². The van der Waals surface area contributed by atoms with Gasteiger partial charge in [-0.25, -0.2) is 9.59 Å². The number of benzene rings is 4. The molecule has 272 valence electrons. The third-order valence-electron chi connectivity index (χ3n) is 9.05. The number of carbonyl (C=O) groups is 2. The number of allylic oxidation sites excluding steroid dienone is 1. The first-order valence-electron chi connectivity index (χ1n) is 17.7. The Morgan fingerprint density at radius 3 is 1.62 bits per heavy atom. The summed E-state index contributed by atoms with van der Waals surface area (Å²) in [5.74, 6) is -0.566. The number of nitrogens with one attached hydrogen (secondary N) is 2. The van der Waals surface area contributed by atoms with Crippen LogP contribution in [0.5, 0.6) is 0 Å². The molecule has 0 radical (unpaired) electrons. The second-order valence-corrected chi connectivity index (χ2v) is 12.8. The van der Waals surface area contributed by atoms with Gasteiger partial charge in [0, 0.05) is 5.70 Å². The summed E-state index contributed by atoms with van der Waals surface area (Å²) in [6, 6.07) is 38.0. The molecule has 0 bridgehead atoms. The molecule has 1 saturated heterocycles. The Kier molecular flexibility index (Phi) is 13.2. The number of hydrogen-bond acceptors (Lipinski definition) is 8. The Bertz CT molecular complexity index is 1740. The molecule has 10 heteroatoms. The molecule has 0 spiro atoms. The summed E-state index contributed by atoms with van der Waals surface area (Å²) < 4.78 is 39.1. The topological polar surface area (TPSA) is 114 Å². The Morgan fingerprint density at radius 2 is 1.12 bits per heavy atom. The molecule has 0 saturated carbocycles. The van der Waals surface area contributed by atoms with E-state index in [1.165, 1.54) is 0 Å². The van der Waals surface area contributed by atoms with Crippen molar-refractivity contribution in [2.75, 3.05) is 13.2 Å². The number of amides is 2. The van der Waals surface area contributed by atoms with Gasteiger partial charge in [0.05, 0.1) is 51.3 Å². The Labute approximate surface area is 305 Å². The molecule has 4 aromatic carbocycles. The first-order chi connectivity index (χ1) is 25.5. The second kappa shape index (κ2) is 18.6. The van der Waals surface area contributed by atoms with E-state index in [0.717, 1.165) is 22.3 Å². The van der Waals surface area contributed by atoms with Crippen molar-refractivity contribution in [3.05, 3.63) is 155 Å². The summed E-state index contributed by atoms with van der Waals surface area (Å²) in [5, 5.41) is 5.68. The van der Waals surface area contributed by atoms with Crippen LogP contribution in [-0.4, -0.2) is 61.8 Å². The normalized spacial score (nSPS) is 23.1. The first kappa shape index (κ1) is 36.9. The van der Waals surface area contributed by atoms with E-state index in [0.29, 0.717) is 12.3 Å². The maximum Gasteiger partial charge on any atom is 0.337 e. The minimum atomic E-state index is -0.942. The maximum atomic E-state index is 13.5. The summed E-state index contributed by atoms with van der Waals surface area (Å²) in [5.41, 5.74) is 4.50. The van der Waals surface area contributed by atoms with Crippen molar-refractivity contribution in [1.82, 2.24) is 10.6 Å². The van der Waals surface area contributed by atoms with Gasteiger partial charge in [0.15, 0.2) is 0 Å². The summed E-state index contributed by atoms with van der Waals surface area (Å²) in [7, 11) is 0. The van der Waals surface area contributed by atoms with Crippen LogP contribution in [-0.2, 0) is 59.6 Å². The summed E-state index contributed by atoms with van der Waals surface area (Å²) in [6.45, 7) is 4.80. The third-order valence-corrected chi connectivity index (χ3v) is 9.05. The monoisotopic (exact) mass is 706 g/mol. The van der Waals surface area contributed by atoms with Gasteiger partial charge in [0.1, 0.15) is 30.5 Å². The van der Waals surface area contributed by atoms with Crippen LogP contribution in [0.4, 0.5) is 4.79 Å². The van der Waals surface area contributed by atoms with Crippen LogP contribution < -0.4 is 10.6 Å². The lowest BCUT2D eigenvalue weighted by Crippen LogP contribution is -2.68. The molecular weight excluding hydrogens is 660 g/mol. The quantitative estimate of drug-likeness (QED) is 0.132. The predicted octanol–water partition coefficient (Wildman–Crippen LogP) is 6.25. The molecule has 6 rings (SSSR count). The van der Waals surface area contributed by atoms with Crippen LogP contribution in [0.1, 0.15) is 36.1 Å². The standard InChI is InChI=1S/C42H46N2O8/c1-3-48-41(45)35-29(2)43-42(46)44-36(35)38-40(51-27-33-22-14-7-15-23-33)39(50-26-32-20-12-6-13-21-32)37(49-25-31-18-10-5-11-19-31)34(52-38)28-47-24-30-16-8-4-9-17-30/h4-23,34,36-40H,3,24-28H2,1-2H3,(H2,43,44,46)/t34-,36-,37-,38+,39+,40-/m1/s1. The fraction of sp³-hybridized carbons (Fsp3) is 0.333. The lowest BCUT2D eigenvalue weighted by Gasteiger charge is -2.49. The summed E-state index contributed by atoms with van der Waals surface area (Å²) in [6.07, 6.45) is -3.83. The Hall–Kier alpha value is -4.84. The molecule has 0 aliphatic carbocycles. The average molecular weight is 707 g/mol. The highest BCUT2D eigenvalue weighted by atomic mass is 16.6. The number of ether oxygens (including phenoxy) is 6. The van der Waals surface area contributed by atoms with Crippen molar-refractivity contribution in [3.63, 3.8) is 0 Å². The van der Waals surface area contributed by atoms with Crippen molar-refractivity contribution < 1.29 is 38.0 Å². The van der Waals surface area contributed by atoms with Gasteiger partial charge in [0.25, 0.3) is 0 Å². The molecule has 2 aliphatic rings. The number of carbonyl (C=O) groups excluding carboxylic acids is 2. The molecule has 0 unspecified atom stereocenters. The number of hydrogen-bond donors (Lipinski definition) is 2. The summed E-state index contributed by atoms with van der Waals surface area (Å²) >= 11 is 0. The molecule has 2 amide bonds. The van der Waals surface area contributed by atoms with E-state index in [4.69, 9.17) is 28.4 Å². The molecule has 6 atom stereocenters. The molecule has 2 aliphatic heterocycles. The number of urea groups is 1. The minimum Gasteiger partial charge on any atom is -0.463 e. The number of rotatable bonds is 16. The zero-order chi connectivity index (χ0) is 36.1. The maximum absolute atomic E-state index is 13.5. The van der Waals surface area contributed by atoms with E-state index in [9.17, 15) is 9.59 Å². The van der Waals surface area contributed by atoms with E-state index in [1.54, 1.807) is 13.8 Å². The van der Waals surface area contributed by atoms with Crippen molar-refractivity contribution >= 4 is 12.0 Å². The van der Waals surface area contributed by atoms with Gasteiger partial charge in [-0.3, -0.25) is 0 Å². The third kappa shape index (κ3) is 9.73. The van der Waals surface area contributed by atoms with Gasteiger partial charge < -0.3 is 39.1 Å². The Balaban J connectivity index is 1.40. The van der Waals surface area contributed by atoms with Gasteiger partial charge >= 0.3 is 12.0 Å². The smallest absolute Gasteiger partial charge is 0.337 e. The van der Waals surface area contributed by atoms with E-state index < -0.39 is 48.6 Å². The van der Waals surface area contributed by atoms with Crippen molar-refractivity contribution in [1.29, 1.82) is 0 Å². The molecule has 2 N–H and O–H groups in total. The van der Waals surface area contributed by atoms with Crippen LogP contribution in [0.2, 0.25) is 0 Å². The second-order valence-electron chi connectivity index (χ2n) is 12.8. The fourth-order valence-corrected chi connectivity index (χ4v) is 6.55. The molecule has 1 fully saturated rings. The zero-order valence-electron chi connectivity index (χ0n) is 29.5. The van der Waals surface area contributed by atoms with Crippen LogP contribution in [0.15, 0.2) is 133 Å². The van der Waals surface area contributed by atoms with Gasteiger partial charge in [-0.05, 0) is 36.1 Å². The average Bonchev–Trinajstić information content (AvgIpc) is 3.17. The van der Waals surface area contributed by atoms with Crippen molar-refractivity contribution in [2.45, 2.75) is 76.8 Å². The van der Waals surface area contributed by atoms with E-state index in [1.807, 2.05) is 121 Å². The van der Waals surface area contributed by atoms with Crippen molar-refractivity contribution in [2.24, 2.45) is 0 Å². The van der Waals surface area contributed by atoms with E-state index in [2.05, 4.69) is 10.6 Å². The summed E-state index contributed by atoms with van der Waals surface area (Å²) in [4.78, 5) is 26.6. The molecular formula is C42H46N2O8. The fourth-order valence-electron chi connectivity index (χ4n) is 6.55. The lowest BCUT2D eigenvalue weighted by atomic mass is 9.86. The molecule has 0 aromatic heterocycles. The van der Waals surface area contributed by atoms with Crippen LogP contribution in [0, 0.1) is 0 Å². The largest absolute Gasteiger partial charge is 0.463 e. The highest BCUT2D eigenvalue weighted by Crippen LogP contribution is 2.35. The SMILES string of the molecule is CCOC(=O)C1=C(C)NC(=O)N[C@H]1[C@@H]1O[C@H](COCc2ccccc2)[C@@H](OCc2ccccc2)[C@H](OCc2ccccc2)[C@@H]1OCc1ccccc1. The zero-order valence-corrected chi connectivity index (χ0v) is 29.5. The van der Waals surface area contributed by atoms with Crippen LogP contribution >= 0.6 is 0 Å². The molecule has 2 heterocycles. The first-order valence-corrected chi connectivity index (χ1v) is 17.7. The van der Waals surface area contributed by atoms with Crippen molar-refractivity contribution in [3.8, 4) is 0 Å². The molecule has 4 aromatic rings. The number of esters is 1. The van der Waals surface area contributed by atoms with Gasteiger partial charge in [-0.15, -0.1) is 0 Å². The minimum absolute atomic E-state index is 0.137. The predicted molar refractivity (Wildman–Crippen MR) is 195 cm³/mol. The van der Waals surface area contributed by atoms with Crippen LogP contribution in [0.25, 0.3) is 0 Å². The highest BCUT2D eigenvalue weighted by Gasteiger charge is 2.53. The molecule has 10 nitrogen and oxygen atoms in total.